The monoisotopic (exact) mass is 1130 g/mol. The van der Waals surface area contributed by atoms with E-state index >= 15 is 0 Å². The maximum atomic E-state index is 12.8. The number of unbranched alkanes of at least 4 members (excludes halogenated alkanes) is 41. The van der Waals surface area contributed by atoms with Crippen LogP contribution >= 0.6 is 0 Å². The second-order valence-electron chi connectivity index (χ2n) is 24.4. The molecule has 9 heteroatoms. The summed E-state index contributed by atoms with van der Waals surface area (Å²) in [6.07, 6.45) is 76.7. The summed E-state index contributed by atoms with van der Waals surface area (Å²) in [5.74, 6) is -2.33. The van der Waals surface area contributed by atoms with Gasteiger partial charge in [0.15, 0.2) is 12.4 Å². The van der Waals surface area contributed by atoms with Gasteiger partial charge in [-0.2, -0.15) is 0 Å². The number of hydrogen-bond acceptors (Lipinski definition) is 8. The zero-order valence-corrected chi connectivity index (χ0v) is 53.5. The molecule has 0 aromatic carbocycles. The Bertz CT molecular complexity index is 1450. The van der Waals surface area contributed by atoms with Gasteiger partial charge in [-0.15, -0.1) is 0 Å². The van der Waals surface area contributed by atoms with Crippen molar-refractivity contribution in [2.24, 2.45) is 0 Å². The van der Waals surface area contributed by atoms with Crippen molar-refractivity contribution in [3.63, 3.8) is 0 Å². The molecule has 9 nitrogen and oxygen atoms in total. The molecule has 0 spiro atoms. The molecule has 2 unspecified atom stereocenters. The normalized spacial score (nSPS) is 13.0. The summed E-state index contributed by atoms with van der Waals surface area (Å²) >= 11 is 0. The van der Waals surface area contributed by atoms with Crippen LogP contribution in [-0.2, 0) is 33.3 Å². The number of aliphatic carboxylic acids is 1. The number of hydrogen-bond donors (Lipinski definition) is 0. The van der Waals surface area contributed by atoms with Crippen LogP contribution < -0.4 is 5.11 Å². The van der Waals surface area contributed by atoms with Crippen LogP contribution in [0.2, 0.25) is 0 Å². The average Bonchev–Trinajstić information content (AvgIpc) is 3.43. The number of allylic oxidation sites excluding steroid dienone is 8. The van der Waals surface area contributed by atoms with Crippen LogP contribution in [0.15, 0.2) is 48.6 Å². The van der Waals surface area contributed by atoms with Crippen LogP contribution in [0.3, 0.4) is 0 Å². The molecular formula is C71H131NO8. The lowest BCUT2D eigenvalue weighted by Gasteiger charge is -2.26. The van der Waals surface area contributed by atoms with Gasteiger partial charge in [0, 0.05) is 12.8 Å². The van der Waals surface area contributed by atoms with Crippen molar-refractivity contribution in [2.75, 3.05) is 47.5 Å². The van der Waals surface area contributed by atoms with E-state index in [0.29, 0.717) is 17.4 Å². The fourth-order valence-electron chi connectivity index (χ4n) is 10.1. The molecule has 0 N–H and O–H groups in total. The van der Waals surface area contributed by atoms with Crippen molar-refractivity contribution in [3.8, 4) is 0 Å². The number of carboxylic acids is 1. The highest BCUT2D eigenvalue weighted by atomic mass is 16.7. The molecule has 2 atom stereocenters. The van der Waals surface area contributed by atoms with Gasteiger partial charge in [-0.05, 0) is 51.4 Å². The van der Waals surface area contributed by atoms with Crippen molar-refractivity contribution in [2.45, 2.75) is 341 Å². The van der Waals surface area contributed by atoms with E-state index in [0.717, 1.165) is 57.8 Å². The molecule has 0 aliphatic heterocycles. The maximum Gasteiger partial charge on any atom is 0.306 e. The Morgan fingerprint density at radius 3 is 1.06 bits per heavy atom. The third-order valence-corrected chi connectivity index (χ3v) is 15.3. The Labute approximate surface area is 495 Å². The molecule has 0 bridgehead atoms. The molecule has 0 rings (SSSR count). The molecule has 0 saturated carbocycles. The highest BCUT2D eigenvalue weighted by Gasteiger charge is 2.22. The average molecular weight is 1130 g/mol. The summed E-state index contributed by atoms with van der Waals surface area (Å²) in [6, 6.07) is 0. The first kappa shape index (κ1) is 77.2. The number of likely N-dealkylation sites (N-methyl/N-ethyl adjacent to an activating group) is 1. The van der Waals surface area contributed by atoms with E-state index in [1.165, 1.54) is 238 Å². The molecule has 0 fully saturated rings. The van der Waals surface area contributed by atoms with E-state index < -0.39 is 24.3 Å². The van der Waals surface area contributed by atoms with Crippen LogP contribution in [0.5, 0.6) is 0 Å². The molecule has 468 valence electrons. The summed E-state index contributed by atoms with van der Waals surface area (Å²) in [6.45, 7) is 4.62. The van der Waals surface area contributed by atoms with E-state index in [1.54, 1.807) is 0 Å². The van der Waals surface area contributed by atoms with Gasteiger partial charge in [-0.3, -0.25) is 9.59 Å². The molecule has 0 aliphatic rings. The molecule has 0 aromatic rings. The molecule has 0 radical (unpaired) electrons. The molecule has 0 aliphatic carbocycles. The van der Waals surface area contributed by atoms with Gasteiger partial charge in [0.25, 0.3) is 0 Å². The highest BCUT2D eigenvalue weighted by Crippen LogP contribution is 2.19. The number of quaternary nitrogens is 1. The largest absolute Gasteiger partial charge is 0.545 e. The van der Waals surface area contributed by atoms with Crippen LogP contribution in [0.25, 0.3) is 0 Å². The highest BCUT2D eigenvalue weighted by molar-refractivity contribution is 5.70. The van der Waals surface area contributed by atoms with Gasteiger partial charge < -0.3 is 33.3 Å². The Hall–Kier alpha value is -2.75. The Kier molecular flexibility index (Phi) is 60.2. The van der Waals surface area contributed by atoms with Crippen molar-refractivity contribution >= 4 is 17.9 Å². The van der Waals surface area contributed by atoms with Crippen molar-refractivity contribution in [1.82, 2.24) is 0 Å². The van der Waals surface area contributed by atoms with Gasteiger partial charge >= 0.3 is 11.9 Å². The van der Waals surface area contributed by atoms with Crippen LogP contribution in [0.4, 0.5) is 0 Å². The van der Waals surface area contributed by atoms with E-state index in [1.807, 2.05) is 21.1 Å². The van der Waals surface area contributed by atoms with Gasteiger partial charge in [0.2, 0.25) is 0 Å². The standard InChI is InChI=1S/C71H131NO8/c1-6-8-10-12-14-16-18-20-22-23-24-25-26-27-28-29-30-31-32-33-34-35-36-37-38-39-40-41-42-43-44-45-46-48-49-51-53-55-57-59-61-68(73)78-65-67(66-79-71(70(75)76)77-64-63-72(3,4)5)80-69(74)62-60-58-56-54-52-50-47-21-19-17-15-13-11-9-7-2/h9,11,15,17,21,47,52,54,67,71H,6-8,10,12-14,16,18-20,22-46,48-51,53,55-66H2,1-5H3/b11-9-,17-15-,47-21-,54-52-. The minimum Gasteiger partial charge on any atom is -0.545 e. The van der Waals surface area contributed by atoms with E-state index in [4.69, 9.17) is 18.9 Å². The van der Waals surface area contributed by atoms with Crippen LogP contribution in [0.1, 0.15) is 328 Å². The summed E-state index contributed by atoms with van der Waals surface area (Å²) in [5, 5.41) is 11.8. The van der Waals surface area contributed by atoms with E-state index in [9.17, 15) is 19.5 Å². The zero-order valence-electron chi connectivity index (χ0n) is 53.5. The van der Waals surface area contributed by atoms with Gasteiger partial charge in [-0.1, -0.05) is 313 Å². The number of nitrogens with zero attached hydrogens (tertiary/aromatic N) is 1. The molecular weight excluding hydrogens is 995 g/mol. The third kappa shape index (κ3) is 62.8. The topological polar surface area (TPSA) is 111 Å². The smallest absolute Gasteiger partial charge is 0.306 e. The summed E-state index contributed by atoms with van der Waals surface area (Å²) in [5.41, 5.74) is 0. The zero-order chi connectivity index (χ0) is 58.3. The predicted molar refractivity (Wildman–Crippen MR) is 339 cm³/mol. The first-order valence-electron chi connectivity index (χ1n) is 34.3. The Morgan fingerprint density at radius 1 is 0.388 bits per heavy atom. The second kappa shape index (κ2) is 62.3. The fourth-order valence-corrected chi connectivity index (χ4v) is 10.1. The van der Waals surface area contributed by atoms with Crippen molar-refractivity contribution in [1.29, 1.82) is 0 Å². The summed E-state index contributed by atoms with van der Waals surface area (Å²) in [4.78, 5) is 37.3. The lowest BCUT2D eigenvalue weighted by atomic mass is 10.0. The van der Waals surface area contributed by atoms with Gasteiger partial charge in [0.1, 0.15) is 13.2 Å². The number of carboxylic acid groups (broad SMARTS) is 1. The number of rotatable bonds is 64. The molecule has 0 aromatic heterocycles. The van der Waals surface area contributed by atoms with Crippen LogP contribution in [0, 0.1) is 0 Å². The van der Waals surface area contributed by atoms with Crippen molar-refractivity contribution < 1.29 is 42.9 Å². The summed E-state index contributed by atoms with van der Waals surface area (Å²) < 4.78 is 22.7. The lowest BCUT2D eigenvalue weighted by Crippen LogP contribution is -2.44. The molecule has 0 saturated heterocycles. The number of esters is 2. The number of carbonyl (C=O) groups is 3. The first-order valence-corrected chi connectivity index (χ1v) is 34.3. The quantitative estimate of drug-likeness (QED) is 0.0195. The fraction of sp³-hybridized carbons (Fsp3) is 0.845. The minimum absolute atomic E-state index is 0.140. The summed E-state index contributed by atoms with van der Waals surface area (Å²) in [7, 11) is 5.91. The minimum atomic E-state index is -1.63. The number of ether oxygens (including phenoxy) is 4. The van der Waals surface area contributed by atoms with E-state index in [2.05, 4.69) is 62.5 Å². The second-order valence-corrected chi connectivity index (χ2v) is 24.4. The van der Waals surface area contributed by atoms with Crippen molar-refractivity contribution in [3.05, 3.63) is 48.6 Å². The Morgan fingerprint density at radius 2 is 0.713 bits per heavy atom. The van der Waals surface area contributed by atoms with E-state index in [-0.39, 0.29) is 38.6 Å². The predicted octanol–water partition coefficient (Wildman–Crippen LogP) is 19.6. The number of carbonyl (C=O) groups excluding carboxylic acids is 3. The maximum absolute atomic E-state index is 12.8. The molecule has 80 heavy (non-hydrogen) atoms. The first-order chi connectivity index (χ1) is 39.1. The lowest BCUT2D eigenvalue weighted by molar-refractivity contribution is -0.870. The molecule has 0 heterocycles. The van der Waals surface area contributed by atoms with Gasteiger partial charge in [0.05, 0.1) is 40.3 Å². The molecule has 0 amide bonds. The SMILES string of the molecule is CC/C=C\C/C=C\C/C=C\C/C=C\CCCCC(=O)OC(COC(=O)CCCCCCCCCCCCCCCCCCCCCCCCCCCCCCCCCCCCCCCCCC)COC(OCC[N+](C)(C)C)C(=O)[O-]. The van der Waals surface area contributed by atoms with Gasteiger partial charge in [-0.25, -0.2) is 0 Å². The Balaban J connectivity index is 3.90. The van der Waals surface area contributed by atoms with Crippen LogP contribution in [-0.4, -0.2) is 82.3 Å². The third-order valence-electron chi connectivity index (χ3n) is 15.3.